The van der Waals surface area contributed by atoms with Gasteiger partial charge in [-0.2, -0.15) is 15.0 Å². The quantitative estimate of drug-likeness (QED) is 0.530. The summed E-state index contributed by atoms with van der Waals surface area (Å²) in [5.74, 6) is 0.275. The Hall–Kier alpha value is -3.81. The van der Waals surface area contributed by atoms with E-state index in [0.717, 1.165) is 0 Å². The lowest BCUT2D eigenvalue weighted by Gasteiger charge is -2.27. The zero-order chi connectivity index (χ0) is 24.5. The number of halogens is 2. The molecule has 186 valence electrons. The van der Waals surface area contributed by atoms with E-state index >= 15 is 0 Å². The van der Waals surface area contributed by atoms with E-state index in [1.165, 1.54) is 16.6 Å². The molecule has 1 atom stereocenters. The number of para-hydroxylation sites is 1. The van der Waals surface area contributed by atoms with E-state index in [2.05, 4.69) is 25.3 Å². The highest BCUT2D eigenvalue weighted by atomic mass is 19.3. The summed E-state index contributed by atoms with van der Waals surface area (Å²) in [5, 5.41) is 12.4. The second kappa shape index (κ2) is 9.44. The summed E-state index contributed by atoms with van der Waals surface area (Å²) in [4.78, 5) is 32.1. The fourth-order valence-corrected chi connectivity index (χ4v) is 4.27. The highest BCUT2D eigenvalue weighted by Crippen LogP contribution is 2.32. The molecule has 1 amide bonds. The van der Waals surface area contributed by atoms with Crippen LogP contribution in [0.2, 0.25) is 0 Å². The first-order chi connectivity index (χ1) is 16.9. The van der Waals surface area contributed by atoms with Gasteiger partial charge in [0.25, 0.3) is 6.43 Å². The number of ether oxygens (including phenoxy) is 2. The number of hydrogen-bond acceptors (Lipinski definition) is 9. The third-order valence-electron chi connectivity index (χ3n) is 5.99. The zero-order valence-electron chi connectivity index (χ0n) is 18.9. The van der Waals surface area contributed by atoms with Crippen molar-refractivity contribution in [1.82, 2.24) is 29.4 Å². The zero-order valence-corrected chi connectivity index (χ0v) is 18.9. The van der Waals surface area contributed by atoms with Gasteiger partial charge in [-0.3, -0.25) is 4.57 Å². The molecule has 12 nitrogen and oxygen atoms in total. The molecule has 0 saturated carbocycles. The Kier molecular flexibility index (Phi) is 6.19. The number of hydrogen-bond donors (Lipinski definition) is 2. The van der Waals surface area contributed by atoms with Gasteiger partial charge in [0.2, 0.25) is 17.8 Å². The Labute approximate surface area is 198 Å². The second-order valence-corrected chi connectivity index (χ2v) is 8.15. The van der Waals surface area contributed by atoms with Gasteiger partial charge in [-0.25, -0.2) is 18.6 Å². The number of carboxylic acid groups (broad SMARTS) is 1. The third-order valence-corrected chi connectivity index (χ3v) is 5.99. The van der Waals surface area contributed by atoms with Gasteiger partial charge in [0.15, 0.2) is 5.82 Å². The molecule has 0 radical (unpaired) electrons. The van der Waals surface area contributed by atoms with Crippen LogP contribution < -0.4 is 15.0 Å². The number of morpholine rings is 1. The Morgan fingerprint density at radius 1 is 1.17 bits per heavy atom. The minimum Gasteiger partial charge on any atom is -0.494 e. The predicted molar refractivity (Wildman–Crippen MR) is 121 cm³/mol. The Morgan fingerprint density at radius 2 is 1.94 bits per heavy atom. The van der Waals surface area contributed by atoms with Crippen LogP contribution >= 0.6 is 0 Å². The fourth-order valence-electron chi connectivity index (χ4n) is 4.27. The lowest BCUT2D eigenvalue weighted by Crippen LogP contribution is -2.38. The molecule has 4 heterocycles. The number of imidazole rings is 1. The number of nitrogens with one attached hydrogen (secondary N) is 1. The number of alkyl halides is 2. The maximum atomic E-state index is 14.1. The molecule has 1 aromatic carbocycles. The average molecular weight is 490 g/mol. The number of amides is 1. The summed E-state index contributed by atoms with van der Waals surface area (Å²) < 4.78 is 40.1. The number of carbonyl (C=O) groups is 1. The van der Waals surface area contributed by atoms with Crippen LogP contribution in [0.3, 0.4) is 0 Å². The molecule has 0 aliphatic carbocycles. The molecular weight excluding hydrogens is 466 g/mol. The molecular formula is C21H24F2N8O4. The Bertz CT molecular complexity index is 1230. The van der Waals surface area contributed by atoms with Crippen LogP contribution in [-0.4, -0.2) is 93.1 Å². The fraction of sp³-hybridized carbons (Fsp3) is 0.476. The van der Waals surface area contributed by atoms with Crippen molar-refractivity contribution in [2.24, 2.45) is 0 Å². The van der Waals surface area contributed by atoms with Crippen molar-refractivity contribution in [2.45, 2.75) is 18.9 Å². The SMILES string of the molecule is COc1cccc2c1nc(C(F)F)n2-c1nc(N[C@@H]2CCN(C(=O)O)C2)nc(N2CCOCC2)n1. The molecule has 2 aromatic heterocycles. The van der Waals surface area contributed by atoms with E-state index in [1.54, 1.807) is 18.2 Å². The number of aromatic nitrogens is 5. The molecule has 0 spiro atoms. The monoisotopic (exact) mass is 490 g/mol. The summed E-state index contributed by atoms with van der Waals surface area (Å²) in [6, 6.07) is 4.73. The second-order valence-electron chi connectivity index (χ2n) is 8.15. The lowest BCUT2D eigenvalue weighted by atomic mass is 10.3. The number of nitrogens with zero attached hydrogens (tertiary/aromatic N) is 7. The first-order valence-electron chi connectivity index (χ1n) is 11.1. The molecule has 14 heteroatoms. The predicted octanol–water partition coefficient (Wildman–Crippen LogP) is 2.16. The molecule has 2 aliphatic rings. The summed E-state index contributed by atoms with van der Waals surface area (Å²) in [6.07, 6.45) is -3.33. The van der Waals surface area contributed by atoms with Crippen LogP contribution in [0, 0.1) is 0 Å². The van der Waals surface area contributed by atoms with Crippen LogP contribution in [0.4, 0.5) is 25.5 Å². The largest absolute Gasteiger partial charge is 0.494 e. The Balaban J connectivity index is 1.60. The summed E-state index contributed by atoms with van der Waals surface area (Å²) in [5.41, 5.74) is 0.628. The van der Waals surface area contributed by atoms with Crippen LogP contribution in [0.15, 0.2) is 18.2 Å². The third kappa shape index (κ3) is 4.48. The number of benzene rings is 1. The molecule has 35 heavy (non-hydrogen) atoms. The van der Waals surface area contributed by atoms with Gasteiger partial charge >= 0.3 is 6.09 Å². The van der Waals surface area contributed by atoms with E-state index in [9.17, 15) is 18.7 Å². The van der Waals surface area contributed by atoms with E-state index in [1.807, 2.05) is 4.90 Å². The maximum absolute atomic E-state index is 14.1. The van der Waals surface area contributed by atoms with Crippen LogP contribution in [0.5, 0.6) is 5.75 Å². The Morgan fingerprint density at radius 3 is 2.63 bits per heavy atom. The van der Waals surface area contributed by atoms with Gasteiger partial charge in [0.1, 0.15) is 11.3 Å². The van der Waals surface area contributed by atoms with Gasteiger partial charge in [-0.05, 0) is 18.6 Å². The van der Waals surface area contributed by atoms with Crippen LogP contribution in [0.1, 0.15) is 18.7 Å². The maximum Gasteiger partial charge on any atom is 0.407 e. The average Bonchev–Trinajstić information content (AvgIpc) is 3.49. The molecule has 3 aromatic rings. The topological polar surface area (TPSA) is 131 Å². The van der Waals surface area contributed by atoms with Gasteiger partial charge in [0, 0.05) is 32.2 Å². The molecule has 2 saturated heterocycles. The van der Waals surface area contributed by atoms with Crippen molar-refractivity contribution in [3.05, 3.63) is 24.0 Å². The summed E-state index contributed by atoms with van der Waals surface area (Å²) in [7, 11) is 1.44. The summed E-state index contributed by atoms with van der Waals surface area (Å²) >= 11 is 0. The molecule has 0 unspecified atom stereocenters. The first kappa shape index (κ1) is 23.0. The number of fused-ring (bicyclic) bond motifs is 1. The number of anilines is 2. The minimum absolute atomic E-state index is 0.0249. The molecule has 2 fully saturated rings. The number of likely N-dealkylation sites (tertiary alicyclic amines) is 1. The van der Waals surface area contributed by atoms with Gasteiger partial charge in [0.05, 0.1) is 25.8 Å². The number of methoxy groups -OCH3 is 1. The highest BCUT2D eigenvalue weighted by molar-refractivity contribution is 5.84. The summed E-state index contributed by atoms with van der Waals surface area (Å²) in [6.45, 7) is 2.65. The van der Waals surface area contributed by atoms with Crippen molar-refractivity contribution in [3.63, 3.8) is 0 Å². The smallest absolute Gasteiger partial charge is 0.407 e. The number of rotatable bonds is 6. The molecule has 2 aliphatic heterocycles. The lowest BCUT2D eigenvalue weighted by molar-refractivity contribution is 0.122. The highest BCUT2D eigenvalue weighted by Gasteiger charge is 2.29. The normalized spacial score (nSPS) is 18.5. The van der Waals surface area contributed by atoms with Crippen molar-refractivity contribution >= 4 is 29.0 Å². The van der Waals surface area contributed by atoms with E-state index in [4.69, 9.17) is 9.47 Å². The van der Waals surface area contributed by atoms with Gasteiger partial charge < -0.3 is 29.7 Å². The van der Waals surface area contributed by atoms with Crippen molar-refractivity contribution in [1.29, 1.82) is 0 Å². The van der Waals surface area contributed by atoms with E-state index in [-0.39, 0.29) is 30.0 Å². The minimum atomic E-state index is -2.90. The van der Waals surface area contributed by atoms with Crippen molar-refractivity contribution < 1.29 is 28.2 Å². The van der Waals surface area contributed by atoms with Crippen LogP contribution in [0.25, 0.3) is 17.0 Å². The van der Waals surface area contributed by atoms with E-state index < -0.39 is 18.3 Å². The van der Waals surface area contributed by atoms with Crippen LogP contribution in [-0.2, 0) is 4.74 Å². The molecule has 0 bridgehead atoms. The van der Waals surface area contributed by atoms with Gasteiger partial charge in [-0.15, -0.1) is 0 Å². The standard InChI is InChI=1S/C21H24F2N8O4/c1-34-14-4-2-3-13-15(14)25-17(16(22)23)31(13)20-27-18(24-12-5-6-30(11-12)21(32)33)26-19(28-20)29-7-9-35-10-8-29/h2-4,12,16H,5-11H2,1H3,(H,32,33)(H,24,26,27,28)/t12-/m1/s1. The van der Waals surface area contributed by atoms with Gasteiger partial charge in [-0.1, -0.05) is 6.07 Å². The molecule has 2 N–H and O–H groups in total. The van der Waals surface area contributed by atoms with Crippen molar-refractivity contribution in [3.8, 4) is 11.7 Å². The van der Waals surface area contributed by atoms with E-state index in [0.29, 0.717) is 56.5 Å². The molecule has 5 rings (SSSR count). The first-order valence-corrected chi connectivity index (χ1v) is 11.1. The van der Waals surface area contributed by atoms with Crippen molar-refractivity contribution in [2.75, 3.05) is 56.7 Å².